The smallest absolute Gasteiger partial charge is 0.309 e. The van der Waals surface area contributed by atoms with Crippen LogP contribution in [0.3, 0.4) is 0 Å². The average Bonchev–Trinajstić information content (AvgIpc) is 2.40. The first kappa shape index (κ1) is 18.9. The van der Waals surface area contributed by atoms with Crippen molar-refractivity contribution in [2.75, 3.05) is 27.2 Å². The highest BCUT2D eigenvalue weighted by Gasteiger charge is 2.20. The molecule has 1 atom stereocenters. The summed E-state index contributed by atoms with van der Waals surface area (Å²) in [5.41, 5.74) is 0. The van der Waals surface area contributed by atoms with Crippen LogP contribution >= 0.6 is 0 Å². The maximum Gasteiger partial charge on any atom is 0.309 e. The lowest BCUT2D eigenvalue weighted by molar-refractivity contribution is -0.858. The number of hydrogen-bond acceptors (Lipinski definition) is 4. The second kappa shape index (κ2) is 11.7. The Morgan fingerprint density at radius 3 is 2.35 bits per heavy atom. The summed E-state index contributed by atoms with van der Waals surface area (Å²) in [6.45, 7) is 5.26. The number of esters is 2. The van der Waals surface area contributed by atoms with E-state index in [2.05, 4.69) is 0 Å². The van der Waals surface area contributed by atoms with Crippen molar-refractivity contribution in [2.45, 2.75) is 58.5 Å². The highest BCUT2D eigenvalue weighted by Crippen LogP contribution is 2.08. The van der Waals surface area contributed by atoms with Gasteiger partial charge in [-0.1, -0.05) is 20.3 Å². The Morgan fingerprint density at radius 1 is 1.10 bits per heavy atom. The molecule has 0 saturated heterocycles. The van der Waals surface area contributed by atoms with Crippen molar-refractivity contribution in [2.24, 2.45) is 0 Å². The molecule has 0 saturated carbocycles. The van der Waals surface area contributed by atoms with Crippen molar-refractivity contribution in [3.05, 3.63) is 0 Å². The van der Waals surface area contributed by atoms with Gasteiger partial charge in [0.25, 0.3) is 0 Å². The van der Waals surface area contributed by atoms with Crippen LogP contribution in [0.25, 0.3) is 0 Å². The fraction of sp³-hybridized carbons (Fsp3) is 0.867. The third-order valence-corrected chi connectivity index (χ3v) is 2.86. The van der Waals surface area contributed by atoms with Crippen molar-refractivity contribution in [1.82, 2.24) is 0 Å². The molecule has 1 N–H and O–H groups in total. The monoisotopic (exact) mass is 288 g/mol. The van der Waals surface area contributed by atoms with E-state index in [0.29, 0.717) is 19.4 Å². The first-order chi connectivity index (χ1) is 9.49. The highest BCUT2D eigenvalue weighted by molar-refractivity contribution is 5.72. The molecular formula is C15H30NO4+. The third-order valence-electron chi connectivity index (χ3n) is 2.86. The molecule has 0 aromatic carbocycles. The number of carbonyl (C=O) groups excluding carboxylic acids is 2. The van der Waals surface area contributed by atoms with Gasteiger partial charge in [-0.3, -0.25) is 9.59 Å². The van der Waals surface area contributed by atoms with Crippen LogP contribution in [-0.2, 0) is 19.1 Å². The van der Waals surface area contributed by atoms with Gasteiger partial charge in [0.05, 0.1) is 33.7 Å². The number of quaternary nitrogens is 1. The van der Waals surface area contributed by atoms with Crippen LogP contribution in [-0.4, -0.2) is 45.3 Å². The van der Waals surface area contributed by atoms with E-state index < -0.39 is 0 Å². The van der Waals surface area contributed by atoms with Gasteiger partial charge < -0.3 is 14.4 Å². The van der Waals surface area contributed by atoms with Crippen molar-refractivity contribution in [3.63, 3.8) is 0 Å². The maximum atomic E-state index is 11.7. The van der Waals surface area contributed by atoms with E-state index in [9.17, 15) is 9.59 Å². The predicted molar refractivity (Wildman–Crippen MR) is 77.6 cm³/mol. The summed E-state index contributed by atoms with van der Waals surface area (Å²) in [6.07, 6.45) is 3.48. The Hall–Kier alpha value is -1.10. The Balaban J connectivity index is 4.24. The summed E-state index contributed by atoms with van der Waals surface area (Å²) < 4.78 is 10.5. The molecular weight excluding hydrogens is 258 g/mol. The van der Waals surface area contributed by atoms with Gasteiger partial charge in [-0.05, 0) is 12.8 Å². The van der Waals surface area contributed by atoms with E-state index in [-0.39, 0.29) is 24.5 Å². The topological polar surface area (TPSA) is 57.0 Å². The molecule has 0 rings (SSSR count). The number of ether oxygens (including phenoxy) is 2. The molecule has 20 heavy (non-hydrogen) atoms. The number of unbranched alkanes of at least 4 members (excludes halogenated alkanes) is 1. The molecule has 0 aromatic heterocycles. The molecule has 0 fully saturated rings. The Bertz CT molecular complexity index is 257. The SMILES string of the molecule is CCCCC(=O)O[C@@H](CC[NH+](C)C)CC(=O)OCCC. The standard InChI is InChI=1S/C15H29NO4/c1-5-7-8-14(17)20-13(9-10-16(3)4)12-15(18)19-11-6-2/h13H,5-12H2,1-4H3/p+1/t13-/m0/s1. The summed E-state index contributed by atoms with van der Waals surface area (Å²) in [5.74, 6) is -0.497. The predicted octanol–water partition coefficient (Wildman–Crippen LogP) is 0.966. The van der Waals surface area contributed by atoms with Crippen LogP contribution in [0, 0.1) is 0 Å². The lowest BCUT2D eigenvalue weighted by Crippen LogP contribution is -3.05. The van der Waals surface area contributed by atoms with Gasteiger partial charge >= 0.3 is 11.9 Å². The molecule has 0 unspecified atom stereocenters. The second-order valence-corrected chi connectivity index (χ2v) is 5.39. The van der Waals surface area contributed by atoms with Gasteiger partial charge in [0.15, 0.2) is 0 Å². The molecule has 0 heterocycles. The molecule has 118 valence electrons. The molecule has 0 amide bonds. The summed E-state index contributed by atoms with van der Waals surface area (Å²) in [5, 5.41) is 0. The number of carbonyl (C=O) groups is 2. The lowest BCUT2D eigenvalue weighted by Gasteiger charge is -2.18. The van der Waals surface area contributed by atoms with Crippen LogP contribution in [0.1, 0.15) is 52.4 Å². The van der Waals surface area contributed by atoms with Crippen molar-refractivity contribution >= 4 is 11.9 Å². The summed E-state index contributed by atoms with van der Waals surface area (Å²) >= 11 is 0. The number of nitrogens with one attached hydrogen (secondary N) is 1. The molecule has 0 bridgehead atoms. The minimum atomic E-state index is -0.362. The molecule has 0 spiro atoms. The van der Waals surface area contributed by atoms with Gasteiger partial charge in [-0.15, -0.1) is 0 Å². The van der Waals surface area contributed by atoms with Crippen LogP contribution in [0.2, 0.25) is 0 Å². The van der Waals surface area contributed by atoms with Crippen LogP contribution in [0.4, 0.5) is 0 Å². The lowest BCUT2D eigenvalue weighted by atomic mass is 10.1. The maximum absolute atomic E-state index is 11.7. The van der Waals surface area contributed by atoms with E-state index in [0.717, 1.165) is 25.8 Å². The Morgan fingerprint density at radius 2 is 1.80 bits per heavy atom. The summed E-state index contributed by atoms with van der Waals surface area (Å²) in [4.78, 5) is 24.6. The highest BCUT2D eigenvalue weighted by atomic mass is 16.6. The summed E-state index contributed by atoms with van der Waals surface area (Å²) in [6, 6.07) is 0. The third kappa shape index (κ3) is 10.8. The molecule has 0 aliphatic rings. The Labute approximate surface area is 122 Å². The average molecular weight is 288 g/mol. The van der Waals surface area contributed by atoms with Gasteiger partial charge in [0, 0.05) is 12.8 Å². The fourth-order valence-electron chi connectivity index (χ4n) is 1.68. The van der Waals surface area contributed by atoms with Gasteiger partial charge in [-0.25, -0.2) is 0 Å². The van der Waals surface area contributed by atoms with Crippen molar-refractivity contribution < 1.29 is 24.0 Å². The molecule has 0 aliphatic heterocycles. The zero-order valence-electron chi connectivity index (χ0n) is 13.4. The van der Waals surface area contributed by atoms with Crippen LogP contribution < -0.4 is 4.90 Å². The fourth-order valence-corrected chi connectivity index (χ4v) is 1.68. The minimum Gasteiger partial charge on any atom is -0.466 e. The number of hydrogen-bond donors (Lipinski definition) is 1. The summed E-state index contributed by atoms with van der Waals surface area (Å²) in [7, 11) is 4.07. The zero-order chi connectivity index (χ0) is 15.4. The van der Waals surface area contributed by atoms with E-state index in [4.69, 9.17) is 9.47 Å². The van der Waals surface area contributed by atoms with Crippen LogP contribution in [0.5, 0.6) is 0 Å². The van der Waals surface area contributed by atoms with E-state index in [1.807, 2.05) is 27.9 Å². The largest absolute Gasteiger partial charge is 0.466 e. The molecule has 0 aromatic rings. The van der Waals surface area contributed by atoms with E-state index in [1.54, 1.807) is 0 Å². The van der Waals surface area contributed by atoms with E-state index in [1.165, 1.54) is 4.90 Å². The number of rotatable bonds is 11. The molecule has 5 nitrogen and oxygen atoms in total. The molecule has 0 aliphatic carbocycles. The molecule has 5 heteroatoms. The first-order valence-electron chi connectivity index (χ1n) is 7.63. The zero-order valence-corrected chi connectivity index (χ0v) is 13.4. The van der Waals surface area contributed by atoms with Gasteiger partial charge in [-0.2, -0.15) is 0 Å². The van der Waals surface area contributed by atoms with Gasteiger partial charge in [0.2, 0.25) is 0 Å². The second-order valence-electron chi connectivity index (χ2n) is 5.39. The van der Waals surface area contributed by atoms with Crippen molar-refractivity contribution in [3.8, 4) is 0 Å². The quantitative estimate of drug-likeness (QED) is 0.576. The van der Waals surface area contributed by atoms with Crippen molar-refractivity contribution in [1.29, 1.82) is 0 Å². The van der Waals surface area contributed by atoms with E-state index >= 15 is 0 Å². The minimum absolute atomic E-state index is 0.158. The van der Waals surface area contributed by atoms with Gasteiger partial charge in [0.1, 0.15) is 6.10 Å². The van der Waals surface area contributed by atoms with Crippen LogP contribution in [0.15, 0.2) is 0 Å². The first-order valence-corrected chi connectivity index (χ1v) is 7.63. The molecule has 0 radical (unpaired) electrons. The Kier molecular flexibility index (Phi) is 11.1. The normalized spacial score (nSPS) is 12.2.